The molecule has 0 radical (unpaired) electrons. The van der Waals surface area contributed by atoms with Crippen LogP contribution in [-0.4, -0.2) is 31.6 Å². The highest BCUT2D eigenvalue weighted by Gasteiger charge is 2.18. The standard InChI is InChI=1S/C14H17N3O2S/c1-3-10(2)17-13(11-7-5-4-6-8-11)15-16-14(17)20-9-12(18)19/h4-8,10H,3,9H2,1-2H3,(H,18,19)/t10-/m1/s1. The summed E-state index contributed by atoms with van der Waals surface area (Å²) in [5, 5.41) is 17.8. The summed E-state index contributed by atoms with van der Waals surface area (Å²) in [4.78, 5) is 10.7. The minimum atomic E-state index is -0.852. The van der Waals surface area contributed by atoms with Crippen LogP contribution in [0.5, 0.6) is 0 Å². The molecule has 2 rings (SSSR count). The van der Waals surface area contributed by atoms with Crippen LogP contribution >= 0.6 is 11.8 Å². The maximum Gasteiger partial charge on any atom is 0.313 e. The molecule has 0 saturated heterocycles. The number of hydrogen-bond acceptors (Lipinski definition) is 4. The van der Waals surface area contributed by atoms with E-state index in [0.29, 0.717) is 5.16 Å². The van der Waals surface area contributed by atoms with Gasteiger partial charge >= 0.3 is 5.97 Å². The lowest BCUT2D eigenvalue weighted by molar-refractivity contribution is -0.133. The number of aromatic nitrogens is 3. The van der Waals surface area contributed by atoms with Crippen LogP contribution in [0.1, 0.15) is 26.3 Å². The van der Waals surface area contributed by atoms with Crippen molar-refractivity contribution in [1.29, 1.82) is 0 Å². The molecule has 0 amide bonds. The van der Waals surface area contributed by atoms with Gasteiger partial charge < -0.3 is 5.11 Å². The summed E-state index contributed by atoms with van der Waals surface area (Å²) in [5.41, 5.74) is 0.988. The first-order valence-electron chi connectivity index (χ1n) is 6.48. The summed E-state index contributed by atoms with van der Waals surface area (Å²) in [6.07, 6.45) is 0.929. The van der Waals surface area contributed by atoms with Gasteiger partial charge in [-0.25, -0.2) is 0 Å². The van der Waals surface area contributed by atoms with E-state index in [1.807, 2.05) is 34.9 Å². The second-order valence-corrected chi connectivity index (χ2v) is 5.42. The number of hydrogen-bond donors (Lipinski definition) is 1. The Kier molecular flexibility index (Phi) is 4.79. The van der Waals surface area contributed by atoms with E-state index >= 15 is 0 Å². The van der Waals surface area contributed by atoms with Crippen LogP contribution in [0, 0.1) is 0 Å². The Hall–Kier alpha value is -1.82. The molecule has 20 heavy (non-hydrogen) atoms. The van der Waals surface area contributed by atoms with E-state index < -0.39 is 5.97 Å². The largest absolute Gasteiger partial charge is 0.481 e. The first-order valence-corrected chi connectivity index (χ1v) is 7.47. The van der Waals surface area contributed by atoms with Gasteiger partial charge in [-0.1, -0.05) is 49.0 Å². The van der Waals surface area contributed by atoms with Crippen molar-refractivity contribution in [2.45, 2.75) is 31.5 Å². The van der Waals surface area contributed by atoms with E-state index in [0.717, 1.165) is 17.8 Å². The zero-order chi connectivity index (χ0) is 14.5. The maximum atomic E-state index is 10.7. The van der Waals surface area contributed by atoms with Gasteiger partial charge in [-0.05, 0) is 13.3 Å². The van der Waals surface area contributed by atoms with Crippen LogP contribution in [0.3, 0.4) is 0 Å². The molecule has 0 aliphatic rings. The van der Waals surface area contributed by atoms with E-state index in [1.54, 1.807) is 0 Å². The minimum absolute atomic E-state index is 0.0106. The molecule has 1 aromatic heterocycles. The van der Waals surface area contributed by atoms with Crippen molar-refractivity contribution in [2.75, 3.05) is 5.75 Å². The van der Waals surface area contributed by atoms with Gasteiger partial charge in [0.15, 0.2) is 11.0 Å². The van der Waals surface area contributed by atoms with Crippen molar-refractivity contribution in [3.8, 4) is 11.4 Å². The van der Waals surface area contributed by atoms with Crippen LogP contribution in [0.25, 0.3) is 11.4 Å². The molecule has 6 heteroatoms. The van der Waals surface area contributed by atoms with Gasteiger partial charge in [0.05, 0.1) is 5.75 Å². The number of thioether (sulfide) groups is 1. The van der Waals surface area contributed by atoms with Gasteiger partial charge in [-0.15, -0.1) is 10.2 Å². The molecule has 2 aromatic rings. The van der Waals surface area contributed by atoms with E-state index in [9.17, 15) is 4.79 Å². The topological polar surface area (TPSA) is 68.0 Å². The third-order valence-corrected chi connectivity index (χ3v) is 3.98. The predicted octanol–water partition coefficient (Wildman–Crippen LogP) is 3.09. The monoisotopic (exact) mass is 291 g/mol. The number of benzene rings is 1. The summed E-state index contributed by atoms with van der Waals surface area (Å²) in [5.74, 6) is -0.0774. The summed E-state index contributed by atoms with van der Waals surface area (Å²) in [6, 6.07) is 10.0. The van der Waals surface area contributed by atoms with Crippen molar-refractivity contribution in [3.05, 3.63) is 30.3 Å². The SMILES string of the molecule is CC[C@@H](C)n1c(SCC(=O)O)nnc1-c1ccccc1. The number of aliphatic carboxylic acids is 1. The first kappa shape index (κ1) is 14.6. The van der Waals surface area contributed by atoms with Crippen LogP contribution in [0.15, 0.2) is 35.5 Å². The molecule has 0 saturated carbocycles. The molecule has 106 valence electrons. The molecule has 0 aliphatic carbocycles. The number of carboxylic acid groups (broad SMARTS) is 1. The van der Waals surface area contributed by atoms with Crippen molar-refractivity contribution in [1.82, 2.24) is 14.8 Å². The number of carboxylic acids is 1. The van der Waals surface area contributed by atoms with E-state index in [1.165, 1.54) is 11.8 Å². The molecule has 1 N–H and O–H groups in total. The lowest BCUT2D eigenvalue weighted by Crippen LogP contribution is -2.09. The first-order chi connectivity index (χ1) is 9.63. The Morgan fingerprint density at radius 1 is 1.35 bits per heavy atom. The summed E-state index contributed by atoms with van der Waals surface area (Å²) in [7, 11) is 0. The Morgan fingerprint density at radius 3 is 2.65 bits per heavy atom. The van der Waals surface area contributed by atoms with Crippen LogP contribution in [0.4, 0.5) is 0 Å². The van der Waals surface area contributed by atoms with Gasteiger partial charge in [-0.2, -0.15) is 0 Å². The van der Waals surface area contributed by atoms with Crippen molar-refractivity contribution < 1.29 is 9.90 Å². The van der Waals surface area contributed by atoms with Crippen LogP contribution in [0.2, 0.25) is 0 Å². The maximum absolute atomic E-state index is 10.7. The molecule has 1 aromatic carbocycles. The molecular formula is C14H17N3O2S. The number of carbonyl (C=O) groups is 1. The average molecular weight is 291 g/mol. The third kappa shape index (κ3) is 3.19. The van der Waals surface area contributed by atoms with Gasteiger partial charge in [0, 0.05) is 11.6 Å². The van der Waals surface area contributed by atoms with Gasteiger partial charge in [0.2, 0.25) is 0 Å². The Bertz CT molecular complexity index is 583. The average Bonchev–Trinajstić information content (AvgIpc) is 2.89. The van der Waals surface area contributed by atoms with E-state index in [-0.39, 0.29) is 11.8 Å². The smallest absolute Gasteiger partial charge is 0.313 e. The summed E-state index contributed by atoms with van der Waals surface area (Å²) >= 11 is 1.20. The highest BCUT2D eigenvalue weighted by molar-refractivity contribution is 7.99. The summed E-state index contributed by atoms with van der Waals surface area (Å²) in [6.45, 7) is 4.17. The second kappa shape index (κ2) is 6.56. The Labute approximate surface area is 122 Å². The molecule has 5 nitrogen and oxygen atoms in total. The second-order valence-electron chi connectivity index (χ2n) is 4.48. The molecular weight excluding hydrogens is 274 g/mol. The number of rotatable bonds is 6. The predicted molar refractivity (Wildman–Crippen MR) is 78.8 cm³/mol. The zero-order valence-corrected chi connectivity index (χ0v) is 12.3. The minimum Gasteiger partial charge on any atom is -0.481 e. The summed E-state index contributed by atoms with van der Waals surface area (Å²) < 4.78 is 2.02. The van der Waals surface area contributed by atoms with Crippen molar-refractivity contribution in [3.63, 3.8) is 0 Å². The normalized spacial score (nSPS) is 12.3. The highest BCUT2D eigenvalue weighted by atomic mass is 32.2. The van der Waals surface area contributed by atoms with Crippen molar-refractivity contribution in [2.24, 2.45) is 0 Å². The van der Waals surface area contributed by atoms with Crippen LogP contribution < -0.4 is 0 Å². The lowest BCUT2D eigenvalue weighted by atomic mass is 10.2. The van der Waals surface area contributed by atoms with Crippen molar-refractivity contribution >= 4 is 17.7 Å². The molecule has 0 spiro atoms. The van der Waals surface area contributed by atoms with Crippen LogP contribution in [-0.2, 0) is 4.79 Å². The fourth-order valence-corrected chi connectivity index (χ4v) is 2.62. The van der Waals surface area contributed by atoms with Gasteiger partial charge in [-0.3, -0.25) is 9.36 Å². The Balaban J connectivity index is 2.40. The van der Waals surface area contributed by atoms with E-state index in [2.05, 4.69) is 24.0 Å². The molecule has 1 atom stereocenters. The lowest BCUT2D eigenvalue weighted by Gasteiger charge is -2.16. The quantitative estimate of drug-likeness (QED) is 0.828. The molecule has 0 bridgehead atoms. The van der Waals surface area contributed by atoms with Gasteiger partial charge in [0.25, 0.3) is 0 Å². The molecule has 1 heterocycles. The van der Waals surface area contributed by atoms with E-state index in [4.69, 9.17) is 5.11 Å². The van der Waals surface area contributed by atoms with Gasteiger partial charge in [0.1, 0.15) is 0 Å². The number of nitrogens with zero attached hydrogens (tertiary/aromatic N) is 3. The highest BCUT2D eigenvalue weighted by Crippen LogP contribution is 2.28. The molecule has 0 fully saturated rings. The zero-order valence-electron chi connectivity index (χ0n) is 11.5. The molecule has 0 aliphatic heterocycles. The third-order valence-electron chi connectivity index (χ3n) is 3.05. The fraction of sp³-hybridized carbons (Fsp3) is 0.357. The molecule has 0 unspecified atom stereocenters. The Morgan fingerprint density at radius 2 is 2.05 bits per heavy atom. The fourth-order valence-electron chi connectivity index (χ4n) is 1.87.